The molecule has 2 aromatic rings. The number of unbranched alkanes of at least 4 members (excludes halogenated alkanes) is 2. The molecule has 3 rings (SSSR count). The molecule has 0 radical (unpaired) electrons. The molecule has 2 N–H and O–H groups in total. The van der Waals surface area contributed by atoms with Crippen LogP contribution >= 0.6 is 0 Å². The number of pyridine rings is 1. The minimum Gasteiger partial charge on any atom is -0.456 e. The minimum atomic E-state index is 0.525. The standard InChI is InChI=1S/C27H32N4O/c1-4-5-6-7-21(12-13-28)18-30-20(3)25-11-8-22(17-29)15-27(25)32-24-14-19(2)31-26(16-24)23-9-10-23/h7-8,11,14-16,18,23H,3-6,9-10,12-13,28H2,1-2H3/b21-7-,30-18?. The summed E-state index contributed by atoms with van der Waals surface area (Å²) < 4.78 is 6.25. The zero-order valence-electron chi connectivity index (χ0n) is 19.1. The van der Waals surface area contributed by atoms with Gasteiger partial charge in [-0.15, -0.1) is 0 Å². The Hall–Kier alpha value is -3.23. The predicted octanol–water partition coefficient (Wildman–Crippen LogP) is 6.44. The number of aromatic nitrogens is 1. The summed E-state index contributed by atoms with van der Waals surface area (Å²) in [6, 6.07) is 11.4. The van der Waals surface area contributed by atoms with Gasteiger partial charge in [-0.1, -0.05) is 32.4 Å². The predicted molar refractivity (Wildman–Crippen MR) is 131 cm³/mol. The van der Waals surface area contributed by atoms with Crippen LogP contribution in [0.25, 0.3) is 5.70 Å². The first-order valence-electron chi connectivity index (χ1n) is 11.4. The van der Waals surface area contributed by atoms with E-state index in [2.05, 4.69) is 35.6 Å². The molecule has 166 valence electrons. The van der Waals surface area contributed by atoms with Crippen molar-refractivity contribution in [2.75, 3.05) is 6.54 Å². The molecular weight excluding hydrogens is 396 g/mol. The number of allylic oxidation sites excluding steroid dienone is 1. The molecule has 0 atom stereocenters. The van der Waals surface area contributed by atoms with E-state index in [0.29, 0.717) is 29.5 Å². The number of hydrogen-bond donors (Lipinski definition) is 1. The summed E-state index contributed by atoms with van der Waals surface area (Å²) in [5.74, 6) is 1.81. The van der Waals surface area contributed by atoms with Gasteiger partial charge in [0.15, 0.2) is 0 Å². The third-order valence-electron chi connectivity index (χ3n) is 5.38. The second kappa shape index (κ2) is 11.4. The lowest BCUT2D eigenvalue weighted by molar-refractivity contribution is 0.478. The van der Waals surface area contributed by atoms with Crippen molar-refractivity contribution >= 4 is 11.9 Å². The summed E-state index contributed by atoms with van der Waals surface area (Å²) in [4.78, 5) is 9.24. The first kappa shape index (κ1) is 23.4. The molecule has 0 aliphatic heterocycles. The SMILES string of the molecule is C=C(N=C/C(=C\CCCC)CCN)c1ccc(C#N)cc1Oc1cc(C)nc(C2CC2)c1. The van der Waals surface area contributed by atoms with Crippen molar-refractivity contribution < 1.29 is 4.74 Å². The van der Waals surface area contributed by atoms with Gasteiger partial charge in [0.2, 0.25) is 0 Å². The van der Waals surface area contributed by atoms with E-state index >= 15 is 0 Å². The molecule has 1 aliphatic carbocycles. The molecule has 0 spiro atoms. The summed E-state index contributed by atoms with van der Waals surface area (Å²) in [6.07, 6.45) is 10.5. The molecule has 0 amide bonds. The van der Waals surface area contributed by atoms with Crippen molar-refractivity contribution in [3.05, 3.63) is 71.1 Å². The molecule has 0 bridgehead atoms. The fourth-order valence-corrected chi connectivity index (χ4v) is 3.46. The smallest absolute Gasteiger partial charge is 0.138 e. The Labute approximate surface area is 191 Å². The number of hydrogen-bond acceptors (Lipinski definition) is 5. The second-order valence-electron chi connectivity index (χ2n) is 8.23. The van der Waals surface area contributed by atoms with Gasteiger partial charge in [0.1, 0.15) is 11.5 Å². The normalized spacial score (nSPS) is 13.9. The number of aryl methyl sites for hydroxylation is 1. The lowest BCUT2D eigenvalue weighted by Crippen LogP contribution is -2.01. The number of ether oxygens (including phenoxy) is 1. The molecular formula is C27H32N4O. The maximum absolute atomic E-state index is 9.38. The van der Waals surface area contributed by atoms with Crippen LogP contribution in [0.15, 0.2) is 53.6 Å². The first-order valence-corrected chi connectivity index (χ1v) is 11.4. The molecule has 1 fully saturated rings. The maximum Gasteiger partial charge on any atom is 0.138 e. The van der Waals surface area contributed by atoms with Crippen LogP contribution in [0.2, 0.25) is 0 Å². The van der Waals surface area contributed by atoms with Gasteiger partial charge in [0.05, 0.1) is 17.3 Å². The van der Waals surface area contributed by atoms with Crippen LogP contribution in [0.4, 0.5) is 0 Å². The molecule has 32 heavy (non-hydrogen) atoms. The average molecular weight is 429 g/mol. The highest BCUT2D eigenvalue weighted by molar-refractivity contribution is 5.85. The quantitative estimate of drug-likeness (QED) is 0.330. The zero-order chi connectivity index (χ0) is 22.9. The number of nitriles is 1. The van der Waals surface area contributed by atoms with E-state index < -0.39 is 0 Å². The van der Waals surface area contributed by atoms with E-state index in [-0.39, 0.29) is 0 Å². The number of benzene rings is 1. The number of rotatable bonds is 11. The van der Waals surface area contributed by atoms with Crippen LogP contribution in [0, 0.1) is 18.3 Å². The topological polar surface area (TPSA) is 84.3 Å². The van der Waals surface area contributed by atoms with Gasteiger partial charge in [-0.2, -0.15) is 5.26 Å². The Morgan fingerprint density at radius 1 is 1.34 bits per heavy atom. The Balaban J connectivity index is 1.86. The summed E-state index contributed by atoms with van der Waals surface area (Å²) >= 11 is 0. The Bertz CT molecular complexity index is 1060. The van der Waals surface area contributed by atoms with E-state index in [1.807, 2.05) is 31.3 Å². The highest BCUT2D eigenvalue weighted by atomic mass is 16.5. The largest absolute Gasteiger partial charge is 0.456 e. The van der Waals surface area contributed by atoms with Gasteiger partial charge in [-0.05, 0) is 62.9 Å². The van der Waals surface area contributed by atoms with Crippen LogP contribution in [0.1, 0.15) is 73.9 Å². The van der Waals surface area contributed by atoms with Crippen LogP contribution < -0.4 is 10.5 Å². The van der Waals surface area contributed by atoms with Crippen LogP contribution in [0.5, 0.6) is 11.5 Å². The highest BCUT2D eigenvalue weighted by Gasteiger charge is 2.25. The molecule has 5 nitrogen and oxygen atoms in total. The summed E-state index contributed by atoms with van der Waals surface area (Å²) in [6.45, 7) is 8.88. The third-order valence-corrected chi connectivity index (χ3v) is 5.38. The molecule has 5 heteroatoms. The van der Waals surface area contributed by atoms with Crippen molar-refractivity contribution in [2.45, 2.75) is 58.3 Å². The molecule has 1 aromatic carbocycles. The van der Waals surface area contributed by atoms with E-state index in [1.165, 1.54) is 12.8 Å². The van der Waals surface area contributed by atoms with E-state index in [0.717, 1.165) is 54.0 Å². The van der Waals surface area contributed by atoms with Crippen molar-refractivity contribution in [3.63, 3.8) is 0 Å². The highest BCUT2D eigenvalue weighted by Crippen LogP contribution is 2.41. The first-order chi connectivity index (χ1) is 15.5. The van der Waals surface area contributed by atoms with Crippen LogP contribution in [-0.4, -0.2) is 17.7 Å². The minimum absolute atomic E-state index is 0.525. The molecule has 0 unspecified atom stereocenters. The Morgan fingerprint density at radius 3 is 2.84 bits per heavy atom. The van der Waals surface area contributed by atoms with Gasteiger partial charge < -0.3 is 10.5 Å². The van der Waals surface area contributed by atoms with Crippen molar-refractivity contribution in [3.8, 4) is 17.6 Å². The lowest BCUT2D eigenvalue weighted by atomic mass is 10.1. The van der Waals surface area contributed by atoms with E-state index in [1.54, 1.807) is 12.1 Å². The van der Waals surface area contributed by atoms with E-state index in [9.17, 15) is 5.26 Å². The molecule has 1 aromatic heterocycles. The fraction of sp³-hybridized carbons (Fsp3) is 0.370. The molecule has 1 saturated carbocycles. The van der Waals surface area contributed by atoms with Gasteiger partial charge in [0, 0.05) is 41.2 Å². The summed E-state index contributed by atoms with van der Waals surface area (Å²) in [5, 5.41) is 9.38. The van der Waals surface area contributed by atoms with Crippen molar-refractivity contribution in [1.82, 2.24) is 4.98 Å². The summed E-state index contributed by atoms with van der Waals surface area (Å²) in [5.41, 5.74) is 10.7. The van der Waals surface area contributed by atoms with E-state index in [4.69, 9.17) is 10.5 Å². The number of nitrogens with zero attached hydrogens (tertiary/aromatic N) is 3. The molecule has 0 saturated heterocycles. The number of nitrogens with two attached hydrogens (primary N) is 1. The van der Waals surface area contributed by atoms with Gasteiger partial charge >= 0.3 is 0 Å². The average Bonchev–Trinajstić information content (AvgIpc) is 3.62. The fourth-order valence-electron chi connectivity index (χ4n) is 3.46. The van der Waals surface area contributed by atoms with Gasteiger partial charge in [-0.25, -0.2) is 0 Å². The summed E-state index contributed by atoms with van der Waals surface area (Å²) in [7, 11) is 0. The van der Waals surface area contributed by atoms with Crippen molar-refractivity contribution in [1.29, 1.82) is 5.26 Å². The third kappa shape index (κ3) is 6.63. The van der Waals surface area contributed by atoms with Crippen molar-refractivity contribution in [2.24, 2.45) is 10.7 Å². The van der Waals surface area contributed by atoms with Crippen LogP contribution in [-0.2, 0) is 0 Å². The zero-order valence-corrected chi connectivity index (χ0v) is 19.1. The van der Waals surface area contributed by atoms with Gasteiger partial charge in [-0.3, -0.25) is 9.98 Å². The molecule has 1 aliphatic rings. The lowest BCUT2D eigenvalue weighted by Gasteiger charge is -2.13. The monoisotopic (exact) mass is 428 g/mol. The van der Waals surface area contributed by atoms with Crippen LogP contribution in [0.3, 0.4) is 0 Å². The van der Waals surface area contributed by atoms with Gasteiger partial charge in [0.25, 0.3) is 0 Å². The number of aliphatic imine (C=N–C) groups is 1. The maximum atomic E-state index is 9.38. The Kier molecular flexibility index (Phi) is 8.35. The molecule has 1 heterocycles. The second-order valence-corrected chi connectivity index (χ2v) is 8.23. The Morgan fingerprint density at radius 2 is 2.16 bits per heavy atom.